The summed E-state index contributed by atoms with van der Waals surface area (Å²) in [7, 11) is 0. The molecule has 0 radical (unpaired) electrons. The number of hydrogen-bond acceptors (Lipinski definition) is 2. The van der Waals surface area contributed by atoms with E-state index in [9.17, 15) is 4.79 Å². The summed E-state index contributed by atoms with van der Waals surface area (Å²) in [6, 6.07) is 0. The van der Waals surface area contributed by atoms with Gasteiger partial charge < -0.3 is 9.84 Å². The predicted molar refractivity (Wildman–Crippen MR) is 81.8 cm³/mol. The molecule has 1 fully saturated rings. The SMILES string of the molecule is C=C(C(=O)O)C1CCCCC1OCCCCCCCC. The van der Waals surface area contributed by atoms with Crippen LogP contribution in [-0.4, -0.2) is 23.8 Å². The molecule has 0 aromatic rings. The van der Waals surface area contributed by atoms with Crippen LogP contribution >= 0.6 is 0 Å². The maximum atomic E-state index is 11.1. The number of rotatable bonds is 10. The Morgan fingerprint density at radius 3 is 2.50 bits per heavy atom. The van der Waals surface area contributed by atoms with Crippen LogP contribution < -0.4 is 0 Å². The van der Waals surface area contributed by atoms with Crippen molar-refractivity contribution in [2.24, 2.45) is 5.92 Å². The maximum absolute atomic E-state index is 11.1. The first-order valence-electron chi connectivity index (χ1n) is 8.20. The lowest BCUT2D eigenvalue weighted by Crippen LogP contribution is -2.31. The van der Waals surface area contributed by atoms with E-state index in [4.69, 9.17) is 9.84 Å². The molecular formula is C17H30O3. The molecule has 1 aliphatic carbocycles. The van der Waals surface area contributed by atoms with Crippen LogP contribution in [0.3, 0.4) is 0 Å². The second-order valence-electron chi connectivity index (χ2n) is 5.90. The number of unbranched alkanes of at least 4 members (excludes halogenated alkanes) is 5. The van der Waals surface area contributed by atoms with Crippen LogP contribution in [0.25, 0.3) is 0 Å². The topological polar surface area (TPSA) is 46.5 Å². The number of carboxylic acids is 1. The lowest BCUT2D eigenvalue weighted by Gasteiger charge is -2.31. The molecule has 1 saturated carbocycles. The smallest absolute Gasteiger partial charge is 0.331 e. The molecule has 3 heteroatoms. The Morgan fingerprint density at radius 2 is 1.80 bits per heavy atom. The molecule has 1 N–H and O–H groups in total. The Balaban J connectivity index is 2.22. The third kappa shape index (κ3) is 6.08. The summed E-state index contributed by atoms with van der Waals surface area (Å²) in [4.78, 5) is 11.1. The summed E-state index contributed by atoms with van der Waals surface area (Å²) in [5.41, 5.74) is 0.331. The number of ether oxygens (including phenoxy) is 1. The van der Waals surface area contributed by atoms with E-state index in [1.807, 2.05) is 0 Å². The Kier molecular flexibility index (Phi) is 8.59. The first kappa shape index (κ1) is 17.2. The van der Waals surface area contributed by atoms with Crippen molar-refractivity contribution in [1.29, 1.82) is 0 Å². The van der Waals surface area contributed by atoms with E-state index in [-0.39, 0.29) is 12.0 Å². The second kappa shape index (κ2) is 9.98. The molecule has 2 unspecified atom stereocenters. The number of carboxylic acid groups (broad SMARTS) is 1. The van der Waals surface area contributed by atoms with Gasteiger partial charge >= 0.3 is 5.97 Å². The summed E-state index contributed by atoms with van der Waals surface area (Å²) in [6.07, 6.45) is 11.7. The van der Waals surface area contributed by atoms with Crippen LogP contribution in [0.2, 0.25) is 0 Å². The largest absolute Gasteiger partial charge is 0.478 e. The molecule has 1 aliphatic rings. The Bertz CT molecular complexity index is 299. The summed E-state index contributed by atoms with van der Waals surface area (Å²) in [6.45, 7) is 6.71. The molecule has 0 saturated heterocycles. The van der Waals surface area contributed by atoms with Gasteiger partial charge in [0.1, 0.15) is 0 Å². The van der Waals surface area contributed by atoms with Crippen LogP contribution in [0.4, 0.5) is 0 Å². The van der Waals surface area contributed by atoms with Crippen LogP contribution in [0.1, 0.15) is 71.1 Å². The van der Waals surface area contributed by atoms with Gasteiger partial charge in [0.05, 0.1) is 6.10 Å². The Labute approximate surface area is 123 Å². The normalized spacial score (nSPS) is 22.6. The quantitative estimate of drug-likeness (QED) is 0.472. The minimum absolute atomic E-state index is 0.0151. The van der Waals surface area contributed by atoms with Gasteiger partial charge in [-0.1, -0.05) is 58.4 Å². The van der Waals surface area contributed by atoms with Crippen LogP contribution in [0.5, 0.6) is 0 Å². The molecule has 0 aliphatic heterocycles. The molecule has 20 heavy (non-hydrogen) atoms. The van der Waals surface area contributed by atoms with Gasteiger partial charge in [-0.25, -0.2) is 4.79 Å². The third-order valence-electron chi connectivity index (χ3n) is 4.25. The van der Waals surface area contributed by atoms with Crippen molar-refractivity contribution in [2.45, 2.75) is 77.2 Å². The highest BCUT2D eigenvalue weighted by Crippen LogP contribution is 2.31. The van der Waals surface area contributed by atoms with Crippen LogP contribution in [0.15, 0.2) is 12.2 Å². The lowest BCUT2D eigenvalue weighted by molar-refractivity contribution is -0.134. The van der Waals surface area contributed by atoms with Crippen molar-refractivity contribution in [3.05, 3.63) is 12.2 Å². The first-order valence-corrected chi connectivity index (χ1v) is 8.20. The molecule has 0 amide bonds. The number of aliphatic carboxylic acids is 1. The summed E-state index contributed by atoms with van der Waals surface area (Å²) in [5, 5.41) is 9.09. The van der Waals surface area contributed by atoms with Crippen molar-refractivity contribution in [2.75, 3.05) is 6.61 Å². The van der Waals surface area contributed by atoms with E-state index in [0.717, 1.165) is 38.7 Å². The highest BCUT2D eigenvalue weighted by atomic mass is 16.5. The fourth-order valence-corrected chi connectivity index (χ4v) is 2.97. The maximum Gasteiger partial charge on any atom is 0.331 e. The molecule has 0 bridgehead atoms. The first-order chi connectivity index (χ1) is 9.66. The minimum atomic E-state index is -0.870. The molecule has 1 rings (SSSR count). The van der Waals surface area contributed by atoms with Crippen LogP contribution in [-0.2, 0) is 9.53 Å². The molecular weight excluding hydrogens is 252 g/mol. The van der Waals surface area contributed by atoms with Gasteiger partial charge in [0.15, 0.2) is 0 Å². The van der Waals surface area contributed by atoms with Gasteiger partial charge in [-0.15, -0.1) is 0 Å². The molecule has 3 nitrogen and oxygen atoms in total. The predicted octanol–water partition coefficient (Wildman–Crippen LogP) is 4.56. The summed E-state index contributed by atoms with van der Waals surface area (Å²) >= 11 is 0. The average Bonchev–Trinajstić information content (AvgIpc) is 2.46. The zero-order chi connectivity index (χ0) is 14.8. The molecule has 0 aromatic heterocycles. The third-order valence-corrected chi connectivity index (χ3v) is 4.25. The van der Waals surface area contributed by atoms with Crippen molar-refractivity contribution < 1.29 is 14.6 Å². The van der Waals surface area contributed by atoms with Gasteiger partial charge in [0, 0.05) is 18.1 Å². The minimum Gasteiger partial charge on any atom is -0.478 e. The van der Waals surface area contributed by atoms with Gasteiger partial charge in [-0.05, 0) is 19.3 Å². The van der Waals surface area contributed by atoms with E-state index in [1.54, 1.807) is 0 Å². The molecule has 0 spiro atoms. The second-order valence-corrected chi connectivity index (χ2v) is 5.90. The monoisotopic (exact) mass is 282 g/mol. The van der Waals surface area contributed by atoms with E-state index in [0.29, 0.717) is 5.57 Å². The van der Waals surface area contributed by atoms with Gasteiger partial charge in [-0.2, -0.15) is 0 Å². The van der Waals surface area contributed by atoms with Crippen molar-refractivity contribution >= 4 is 5.97 Å². The fraction of sp³-hybridized carbons (Fsp3) is 0.824. The highest BCUT2D eigenvalue weighted by Gasteiger charge is 2.30. The van der Waals surface area contributed by atoms with Crippen molar-refractivity contribution in [3.63, 3.8) is 0 Å². The van der Waals surface area contributed by atoms with E-state index in [1.165, 1.54) is 32.1 Å². The zero-order valence-corrected chi connectivity index (χ0v) is 12.9. The Hall–Kier alpha value is -0.830. The van der Waals surface area contributed by atoms with E-state index >= 15 is 0 Å². The summed E-state index contributed by atoms with van der Waals surface area (Å²) < 4.78 is 5.95. The van der Waals surface area contributed by atoms with E-state index in [2.05, 4.69) is 13.5 Å². The Morgan fingerprint density at radius 1 is 1.15 bits per heavy atom. The molecule has 0 heterocycles. The van der Waals surface area contributed by atoms with E-state index < -0.39 is 5.97 Å². The van der Waals surface area contributed by atoms with Crippen molar-refractivity contribution in [1.82, 2.24) is 0 Å². The van der Waals surface area contributed by atoms with Crippen LogP contribution in [0, 0.1) is 5.92 Å². The standard InChI is InChI=1S/C17H30O3/c1-3-4-5-6-7-10-13-20-16-12-9-8-11-15(16)14(2)17(18)19/h15-16H,2-13H2,1H3,(H,18,19). The van der Waals surface area contributed by atoms with Gasteiger partial charge in [0.2, 0.25) is 0 Å². The fourth-order valence-electron chi connectivity index (χ4n) is 2.97. The molecule has 2 atom stereocenters. The molecule has 116 valence electrons. The summed E-state index contributed by atoms with van der Waals surface area (Å²) in [5.74, 6) is -0.855. The molecule has 0 aromatic carbocycles. The van der Waals surface area contributed by atoms with Gasteiger partial charge in [-0.3, -0.25) is 0 Å². The average molecular weight is 282 g/mol. The lowest BCUT2D eigenvalue weighted by atomic mass is 9.82. The zero-order valence-electron chi connectivity index (χ0n) is 12.9. The van der Waals surface area contributed by atoms with Gasteiger partial charge in [0.25, 0.3) is 0 Å². The highest BCUT2D eigenvalue weighted by molar-refractivity contribution is 5.86. The number of carbonyl (C=O) groups is 1. The van der Waals surface area contributed by atoms with Crippen molar-refractivity contribution in [3.8, 4) is 0 Å². The number of hydrogen-bond donors (Lipinski definition) is 1.